The predicted molar refractivity (Wildman–Crippen MR) is 42.3 cm³/mol. The van der Waals surface area contributed by atoms with Crippen LogP contribution >= 0.6 is 0 Å². The number of hydrogen-bond acceptors (Lipinski definition) is 7. The Morgan fingerprint density at radius 2 is 1.77 bits per heavy atom. The largest absolute Gasteiger partial charge is 0.394 e. The van der Waals surface area contributed by atoms with Crippen LogP contribution < -0.4 is 11.5 Å². The van der Waals surface area contributed by atoms with E-state index in [0.29, 0.717) is 0 Å². The van der Waals surface area contributed by atoms with Crippen LogP contribution in [-0.2, 0) is 4.79 Å². The summed E-state index contributed by atoms with van der Waals surface area (Å²) >= 11 is 0. The molecule has 0 aromatic heterocycles. The molecular weight excluding hydrogens is 180 g/mol. The Balaban J connectivity index is 4.40. The standard InChI is InChI=1S/C6H14N2O5/c7-6(8,2-10)5(13)4(12)3(11)1-9/h2-5,9,11-13H,1,7-8H2/t3-,4-,5+/m1/s1. The summed E-state index contributed by atoms with van der Waals surface area (Å²) in [6, 6.07) is 0. The molecule has 13 heavy (non-hydrogen) atoms. The maximum Gasteiger partial charge on any atom is 0.157 e. The molecule has 0 unspecified atom stereocenters. The van der Waals surface area contributed by atoms with Crippen molar-refractivity contribution in [1.82, 2.24) is 0 Å². The zero-order valence-corrected chi connectivity index (χ0v) is 6.87. The lowest BCUT2D eigenvalue weighted by Crippen LogP contribution is -2.65. The average molecular weight is 194 g/mol. The molecule has 78 valence electrons. The minimum Gasteiger partial charge on any atom is -0.394 e. The third-order valence-corrected chi connectivity index (χ3v) is 1.62. The Morgan fingerprint density at radius 3 is 2.08 bits per heavy atom. The molecule has 0 saturated carbocycles. The highest BCUT2D eigenvalue weighted by Crippen LogP contribution is 2.06. The van der Waals surface area contributed by atoms with Gasteiger partial charge in [0.25, 0.3) is 0 Å². The summed E-state index contributed by atoms with van der Waals surface area (Å²) in [6.07, 6.45) is -5.16. The third kappa shape index (κ3) is 2.99. The minimum absolute atomic E-state index is 0.0466. The van der Waals surface area contributed by atoms with E-state index in [1.165, 1.54) is 0 Å². The number of aliphatic hydroxyl groups excluding tert-OH is 4. The van der Waals surface area contributed by atoms with Gasteiger partial charge in [0.15, 0.2) is 11.9 Å². The van der Waals surface area contributed by atoms with E-state index in [2.05, 4.69) is 0 Å². The number of carbonyl (C=O) groups excluding carboxylic acids is 1. The van der Waals surface area contributed by atoms with Crippen LogP contribution in [0.2, 0.25) is 0 Å². The van der Waals surface area contributed by atoms with Crippen LogP contribution in [0.3, 0.4) is 0 Å². The molecule has 0 aliphatic carbocycles. The fraction of sp³-hybridized carbons (Fsp3) is 0.833. The molecule has 0 fully saturated rings. The zero-order chi connectivity index (χ0) is 10.6. The summed E-state index contributed by atoms with van der Waals surface area (Å²) in [7, 11) is 0. The Bertz CT molecular complexity index is 174. The third-order valence-electron chi connectivity index (χ3n) is 1.62. The second-order valence-corrected chi connectivity index (χ2v) is 2.80. The topological polar surface area (TPSA) is 150 Å². The summed E-state index contributed by atoms with van der Waals surface area (Å²) in [5.74, 6) is 0. The maximum absolute atomic E-state index is 10.2. The number of carbonyl (C=O) groups is 1. The van der Waals surface area contributed by atoms with E-state index in [1.54, 1.807) is 0 Å². The predicted octanol–water partition coefficient (Wildman–Crippen LogP) is -4.13. The molecular formula is C6H14N2O5. The number of aliphatic hydroxyl groups is 4. The Morgan fingerprint density at radius 1 is 1.31 bits per heavy atom. The van der Waals surface area contributed by atoms with Gasteiger partial charge in [0.05, 0.1) is 6.61 Å². The van der Waals surface area contributed by atoms with Gasteiger partial charge in [-0.2, -0.15) is 0 Å². The van der Waals surface area contributed by atoms with E-state index < -0.39 is 30.6 Å². The number of hydrogen-bond donors (Lipinski definition) is 6. The molecule has 0 saturated heterocycles. The molecule has 8 N–H and O–H groups in total. The lowest BCUT2D eigenvalue weighted by molar-refractivity contribution is -0.128. The van der Waals surface area contributed by atoms with Crippen LogP contribution in [-0.4, -0.2) is 57.3 Å². The molecule has 3 atom stereocenters. The van der Waals surface area contributed by atoms with Crippen molar-refractivity contribution in [3.63, 3.8) is 0 Å². The molecule has 7 heteroatoms. The number of rotatable bonds is 5. The fourth-order valence-electron chi connectivity index (χ4n) is 0.684. The molecule has 0 radical (unpaired) electrons. The second kappa shape index (κ2) is 4.61. The molecule has 0 aromatic rings. The quantitative estimate of drug-likeness (QED) is 0.192. The zero-order valence-electron chi connectivity index (χ0n) is 6.87. The molecule has 0 heterocycles. The van der Waals surface area contributed by atoms with Crippen molar-refractivity contribution >= 4 is 6.29 Å². The number of aldehydes is 1. The van der Waals surface area contributed by atoms with Gasteiger partial charge < -0.3 is 31.9 Å². The Kier molecular flexibility index (Phi) is 4.40. The van der Waals surface area contributed by atoms with Crippen molar-refractivity contribution in [3.05, 3.63) is 0 Å². The van der Waals surface area contributed by atoms with Gasteiger partial charge in [0.1, 0.15) is 18.3 Å². The first-order chi connectivity index (χ1) is 5.86. The van der Waals surface area contributed by atoms with Crippen molar-refractivity contribution in [2.75, 3.05) is 6.61 Å². The maximum atomic E-state index is 10.2. The number of nitrogens with two attached hydrogens (primary N) is 2. The van der Waals surface area contributed by atoms with E-state index in [0.717, 1.165) is 0 Å². The lowest BCUT2D eigenvalue weighted by atomic mass is 9.98. The van der Waals surface area contributed by atoms with E-state index in [9.17, 15) is 4.79 Å². The van der Waals surface area contributed by atoms with E-state index in [4.69, 9.17) is 31.9 Å². The Labute approximate surface area is 74.6 Å². The van der Waals surface area contributed by atoms with Gasteiger partial charge in [-0.1, -0.05) is 0 Å². The highest BCUT2D eigenvalue weighted by atomic mass is 16.4. The highest BCUT2D eigenvalue weighted by molar-refractivity contribution is 5.63. The molecule has 0 amide bonds. The van der Waals surface area contributed by atoms with Gasteiger partial charge >= 0.3 is 0 Å². The second-order valence-electron chi connectivity index (χ2n) is 2.80. The van der Waals surface area contributed by atoms with Gasteiger partial charge in [0, 0.05) is 0 Å². The normalized spacial score (nSPS) is 19.2. The van der Waals surface area contributed by atoms with Gasteiger partial charge in [-0.15, -0.1) is 0 Å². The molecule has 0 bridgehead atoms. The van der Waals surface area contributed by atoms with Gasteiger partial charge in [-0.3, -0.25) is 4.79 Å². The van der Waals surface area contributed by atoms with E-state index in [-0.39, 0.29) is 6.29 Å². The summed E-state index contributed by atoms with van der Waals surface area (Å²) in [6.45, 7) is -0.771. The molecule has 0 rings (SSSR count). The van der Waals surface area contributed by atoms with Crippen molar-refractivity contribution in [2.45, 2.75) is 24.0 Å². The smallest absolute Gasteiger partial charge is 0.157 e. The first-order valence-electron chi connectivity index (χ1n) is 3.56. The van der Waals surface area contributed by atoms with Gasteiger partial charge in [0.2, 0.25) is 0 Å². The van der Waals surface area contributed by atoms with E-state index in [1.807, 2.05) is 0 Å². The van der Waals surface area contributed by atoms with Gasteiger partial charge in [-0.25, -0.2) is 0 Å². The molecule has 7 nitrogen and oxygen atoms in total. The summed E-state index contributed by atoms with van der Waals surface area (Å²) in [5.41, 5.74) is 7.98. The lowest BCUT2D eigenvalue weighted by Gasteiger charge is -2.30. The van der Waals surface area contributed by atoms with Crippen molar-refractivity contribution in [2.24, 2.45) is 11.5 Å². The van der Waals surface area contributed by atoms with Crippen LogP contribution in [0.1, 0.15) is 0 Å². The molecule has 0 aromatic carbocycles. The highest BCUT2D eigenvalue weighted by Gasteiger charge is 2.37. The first kappa shape index (κ1) is 12.4. The van der Waals surface area contributed by atoms with Crippen molar-refractivity contribution in [1.29, 1.82) is 0 Å². The average Bonchev–Trinajstić information content (AvgIpc) is 2.14. The SMILES string of the molecule is NC(N)(C=O)[C@@H](O)[C@H](O)[C@H](O)CO. The van der Waals surface area contributed by atoms with E-state index >= 15 is 0 Å². The van der Waals surface area contributed by atoms with Gasteiger partial charge in [-0.05, 0) is 0 Å². The first-order valence-corrected chi connectivity index (χ1v) is 3.56. The van der Waals surface area contributed by atoms with Crippen LogP contribution in [0.5, 0.6) is 0 Å². The molecule has 0 aliphatic rings. The van der Waals surface area contributed by atoms with Crippen LogP contribution in [0.25, 0.3) is 0 Å². The van der Waals surface area contributed by atoms with Crippen LogP contribution in [0.15, 0.2) is 0 Å². The van der Waals surface area contributed by atoms with Crippen molar-refractivity contribution < 1.29 is 25.2 Å². The Hall–Kier alpha value is -0.570. The monoisotopic (exact) mass is 194 g/mol. The van der Waals surface area contributed by atoms with Crippen molar-refractivity contribution in [3.8, 4) is 0 Å². The van der Waals surface area contributed by atoms with Crippen LogP contribution in [0, 0.1) is 0 Å². The van der Waals surface area contributed by atoms with Crippen LogP contribution in [0.4, 0.5) is 0 Å². The fourth-order valence-corrected chi connectivity index (χ4v) is 0.684. The minimum atomic E-state index is -2.14. The molecule has 0 aliphatic heterocycles. The summed E-state index contributed by atoms with van der Waals surface area (Å²) < 4.78 is 0. The summed E-state index contributed by atoms with van der Waals surface area (Å²) in [5, 5.41) is 35.5. The summed E-state index contributed by atoms with van der Waals surface area (Å²) in [4.78, 5) is 10.2. The molecule has 0 spiro atoms.